The van der Waals surface area contributed by atoms with Crippen molar-refractivity contribution in [3.8, 4) is 23.0 Å². The van der Waals surface area contributed by atoms with Gasteiger partial charge in [0.15, 0.2) is 11.6 Å². The highest BCUT2D eigenvalue weighted by molar-refractivity contribution is 6.18. The Morgan fingerprint density at radius 2 is 0.980 bits per heavy atom. The fourth-order valence-corrected chi connectivity index (χ4v) is 8.90. The number of ketones is 2. The van der Waals surface area contributed by atoms with Gasteiger partial charge in [0, 0.05) is 86.4 Å². The first-order valence-electron chi connectivity index (χ1n) is 17.8. The molecular weight excluding hydrogens is 620 g/mol. The van der Waals surface area contributed by atoms with E-state index in [1.54, 1.807) is 24.3 Å². The second-order valence-electron chi connectivity index (χ2n) is 15.8. The van der Waals surface area contributed by atoms with Crippen LogP contribution in [0.25, 0.3) is 11.1 Å². The molecule has 9 rings (SSSR count). The number of nitrogens with one attached hydrogen (secondary N) is 2. The standard InChI is InChI=1S/C44H40N2O4/c1-43(2)19-21-45(5)31-17-15-27-37(25-11-7-9-13-33(25)47)29-23-30-36(24-35(29)49-41(27)39(31)43)50-42-28(38(30)26-12-8-10-14-34(26)48)16-18-32-40(42)44(3,4)20-22-46(32)6/h7-18,23-24H,19-22H2,1-6H3/p+2. The molecule has 0 amide bonds. The summed E-state index contributed by atoms with van der Waals surface area (Å²) in [6, 6.07) is 12.7. The van der Waals surface area contributed by atoms with Crippen LogP contribution in [0, 0.1) is 0 Å². The van der Waals surface area contributed by atoms with E-state index < -0.39 is 0 Å². The maximum Gasteiger partial charge on any atom is 0.186 e. The van der Waals surface area contributed by atoms with Crippen molar-refractivity contribution in [2.45, 2.75) is 51.4 Å². The second kappa shape index (κ2) is 10.7. The smallest absolute Gasteiger partial charge is 0.186 e. The summed E-state index contributed by atoms with van der Waals surface area (Å²) in [5.74, 6) is 2.82. The summed E-state index contributed by atoms with van der Waals surface area (Å²) in [7, 11) is 4.42. The summed E-state index contributed by atoms with van der Waals surface area (Å²) in [6.45, 7) is 11.2. The third-order valence-electron chi connectivity index (χ3n) is 11.7. The van der Waals surface area contributed by atoms with Crippen molar-refractivity contribution < 1.29 is 28.9 Å². The number of benzene rings is 3. The number of carbonyl (C=O) groups is 2. The van der Waals surface area contributed by atoms with Gasteiger partial charge in [0.25, 0.3) is 0 Å². The van der Waals surface area contributed by atoms with Crippen molar-refractivity contribution in [3.63, 3.8) is 0 Å². The Balaban J connectivity index is 1.35. The molecule has 2 N–H and O–H groups in total. The van der Waals surface area contributed by atoms with Gasteiger partial charge in [-0.1, -0.05) is 64.2 Å². The van der Waals surface area contributed by atoms with Crippen molar-refractivity contribution in [2.75, 3.05) is 27.2 Å². The number of quaternary nitrogens is 2. The molecule has 6 nitrogen and oxygen atoms in total. The van der Waals surface area contributed by atoms with Crippen LogP contribution in [0.4, 0.5) is 11.4 Å². The van der Waals surface area contributed by atoms with Crippen LogP contribution in [-0.2, 0) is 20.4 Å². The van der Waals surface area contributed by atoms with E-state index in [0.29, 0.717) is 22.6 Å². The molecule has 4 aliphatic heterocycles. The Morgan fingerprint density at radius 1 is 0.560 bits per heavy atom. The van der Waals surface area contributed by atoms with Gasteiger partial charge in [-0.25, -0.2) is 0 Å². The first-order valence-corrected chi connectivity index (χ1v) is 17.8. The predicted molar refractivity (Wildman–Crippen MR) is 196 cm³/mol. The summed E-state index contributed by atoms with van der Waals surface area (Å²) >= 11 is 0. The molecule has 0 aromatic heterocycles. The van der Waals surface area contributed by atoms with Gasteiger partial charge < -0.3 is 19.3 Å². The van der Waals surface area contributed by atoms with Gasteiger partial charge in [-0.05, 0) is 30.4 Å². The molecule has 4 heterocycles. The Kier molecular flexibility index (Phi) is 6.65. The fraction of sp³-hybridized carbons (Fsp3) is 0.273. The van der Waals surface area contributed by atoms with E-state index in [9.17, 15) is 9.59 Å². The van der Waals surface area contributed by atoms with Crippen molar-refractivity contribution >= 4 is 34.1 Å². The van der Waals surface area contributed by atoms with Crippen molar-refractivity contribution in [3.05, 3.63) is 130 Å². The summed E-state index contributed by atoms with van der Waals surface area (Å²) in [6.07, 6.45) is 16.5. The lowest BCUT2D eigenvalue weighted by molar-refractivity contribution is -0.814. The number of hydrogen-bond acceptors (Lipinski definition) is 4. The molecule has 0 saturated carbocycles. The highest BCUT2D eigenvalue weighted by Gasteiger charge is 2.43. The van der Waals surface area contributed by atoms with Crippen LogP contribution in [0.1, 0.15) is 73.9 Å². The van der Waals surface area contributed by atoms with E-state index in [4.69, 9.17) is 9.47 Å². The Bertz CT molecular complexity index is 2130. The molecule has 2 atom stereocenters. The lowest BCUT2D eigenvalue weighted by Gasteiger charge is -2.39. The minimum atomic E-state index is -0.124. The number of hydrogen-bond donors (Lipinski definition) is 2. The lowest BCUT2D eigenvalue weighted by atomic mass is 9.73. The molecule has 0 bridgehead atoms. The van der Waals surface area contributed by atoms with E-state index in [0.717, 1.165) is 70.8 Å². The summed E-state index contributed by atoms with van der Waals surface area (Å²) < 4.78 is 14.1. The van der Waals surface area contributed by atoms with Gasteiger partial charge in [0.05, 0.1) is 38.3 Å². The monoisotopic (exact) mass is 662 g/mol. The summed E-state index contributed by atoms with van der Waals surface area (Å²) in [5, 5.41) is 0. The fourth-order valence-electron chi connectivity index (χ4n) is 8.90. The highest BCUT2D eigenvalue weighted by atomic mass is 16.5. The first-order chi connectivity index (χ1) is 23.9. The molecule has 3 aromatic rings. The Hall–Kier alpha value is -5.04. The largest absolute Gasteiger partial charge is 0.455 e. The number of carbonyl (C=O) groups excluding carboxylic acids is 2. The zero-order valence-electron chi connectivity index (χ0n) is 29.5. The van der Waals surface area contributed by atoms with Crippen LogP contribution in [-0.4, -0.2) is 38.8 Å². The zero-order chi connectivity index (χ0) is 34.7. The highest BCUT2D eigenvalue weighted by Crippen LogP contribution is 2.57. The molecule has 0 spiro atoms. The SMILES string of the molecule is C[NH+]1CCC(C)(C)c2c1ccc1c2Oc2cc3c(cc2C1=C1C=CC=CC1=O)C(=C1C=CC=CC1=O)c1ccc2c(c1O3)C(C)(C)CC[NH+]2C. The minimum Gasteiger partial charge on any atom is -0.455 e. The molecule has 6 heteroatoms. The number of rotatable bonds is 0. The van der Waals surface area contributed by atoms with Gasteiger partial charge in [0.2, 0.25) is 0 Å². The van der Waals surface area contributed by atoms with Gasteiger partial charge in [-0.3, -0.25) is 9.59 Å². The summed E-state index contributed by atoms with van der Waals surface area (Å²) in [5.41, 5.74) is 10.9. The lowest BCUT2D eigenvalue weighted by Crippen LogP contribution is -3.05. The van der Waals surface area contributed by atoms with Crippen LogP contribution in [0.5, 0.6) is 23.0 Å². The van der Waals surface area contributed by atoms with E-state index in [1.165, 1.54) is 32.3 Å². The van der Waals surface area contributed by atoms with Crippen molar-refractivity contribution in [1.82, 2.24) is 0 Å². The van der Waals surface area contributed by atoms with E-state index in [-0.39, 0.29) is 22.4 Å². The van der Waals surface area contributed by atoms with Crippen molar-refractivity contribution in [1.29, 1.82) is 0 Å². The number of ether oxygens (including phenoxy) is 2. The maximum atomic E-state index is 13.7. The van der Waals surface area contributed by atoms with Crippen LogP contribution in [0.2, 0.25) is 0 Å². The van der Waals surface area contributed by atoms with Crippen LogP contribution in [0.15, 0.2) is 96.2 Å². The Morgan fingerprint density at radius 3 is 1.40 bits per heavy atom. The number of allylic oxidation sites excluding steroid dienone is 10. The molecule has 2 unspecified atom stereocenters. The third kappa shape index (κ3) is 4.41. The molecular formula is C44H42N2O4+2. The quantitative estimate of drug-likeness (QED) is 0.185. The van der Waals surface area contributed by atoms with Crippen LogP contribution in [0.3, 0.4) is 0 Å². The molecule has 3 aromatic carbocycles. The Labute approximate surface area is 293 Å². The van der Waals surface area contributed by atoms with Crippen LogP contribution >= 0.6 is 0 Å². The molecule has 50 heavy (non-hydrogen) atoms. The van der Waals surface area contributed by atoms with Gasteiger partial charge in [-0.15, -0.1) is 0 Å². The molecule has 6 aliphatic rings. The molecule has 0 saturated heterocycles. The normalized spacial score (nSPS) is 26.2. The third-order valence-corrected chi connectivity index (χ3v) is 11.7. The number of fused-ring (bicyclic) bond motifs is 8. The topological polar surface area (TPSA) is 61.5 Å². The van der Waals surface area contributed by atoms with E-state index >= 15 is 0 Å². The average Bonchev–Trinajstić information content (AvgIpc) is 3.09. The first kappa shape index (κ1) is 31.0. The molecule has 2 aliphatic carbocycles. The predicted octanol–water partition coefficient (Wildman–Crippen LogP) is 6.55. The van der Waals surface area contributed by atoms with Crippen LogP contribution < -0.4 is 19.3 Å². The van der Waals surface area contributed by atoms with Gasteiger partial charge >= 0.3 is 0 Å². The van der Waals surface area contributed by atoms with Gasteiger partial charge in [-0.2, -0.15) is 0 Å². The zero-order valence-corrected chi connectivity index (χ0v) is 29.5. The molecule has 250 valence electrons. The average molecular weight is 663 g/mol. The van der Waals surface area contributed by atoms with Gasteiger partial charge in [0.1, 0.15) is 34.4 Å². The minimum absolute atomic E-state index is 0.0464. The molecule has 0 fully saturated rings. The molecule has 0 radical (unpaired) electrons. The maximum absolute atomic E-state index is 13.7. The summed E-state index contributed by atoms with van der Waals surface area (Å²) in [4.78, 5) is 30.0. The van der Waals surface area contributed by atoms with E-state index in [2.05, 4.69) is 72.1 Å². The van der Waals surface area contributed by atoms with Crippen molar-refractivity contribution in [2.24, 2.45) is 0 Å². The van der Waals surface area contributed by atoms with E-state index in [1.807, 2.05) is 30.4 Å². The second-order valence-corrected chi connectivity index (χ2v) is 15.8.